The van der Waals surface area contributed by atoms with Crippen LogP contribution in [-0.4, -0.2) is 63.9 Å². The Morgan fingerprint density at radius 1 is 1.11 bits per heavy atom. The molecule has 11 heteroatoms. The predicted molar refractivity (Wildman–Crippen MR) is 144 cm³/mol. The van der Waals surface area contributed by atoms with Crippen molar-refractivity contribution in [3.05, 3.63) is 69.2 Å². The van der Waals surface area contributed by atoms with Gasteiger partial charge in [-0.3, -0.25) is 9.48 Å². The lowest BCUT2D eigenvalue weighted by Gasteiger charge is -2.23. The fraction of sp³-hybridized carbons (Fsp3) is 0.346. The number of benzene rings is 2. The maximum Gasteiger partial charge on any atom is 0.416 e. The summed E-state index contributed by atoms with van der Waals surface area (Å²) in [5.41, 5.74) is 0.770. The standard InChI is InChI=1S/C26H27ClF3N5OS/c1-4-34(5-2)11-10-33(3)25-32-24(36)23(37-25)13-17-6-9-22-19(12-17)15-31-35(22)16-18-7-8-20(27)14-21(18)26(28,29)30/h6-9,12-15H,4-5,10-11,16H2,1-3H3/b23-13-. The van der Waals surface area contributed by atoms with Gasteiger partial charge in [-0.05, 0) is 66.3 Å². The van der Waals surface area contributed by atoms with E-state index in [-0.39, 0.29) is 23.0 Å². The summed E-state index contributed by atoms with van der Waals surface area (Å²) in [6.45, 7) is 7.77. The number of amidine groups is 1. The van der Waals surface area contributed by atoms with Gasteiger partial charge in [-0.1, -0.05) is 37.6 Å². The number of aliphatic imine (C=N–C) groups is 1. The number of carbonyl (C=O) groups is 1. The van der Waals surface area contributed by atoms with Gasteiger partial charge in [0.1, 0.15) is 0 Å². The van der Waals surface area contributed by atoms with Crippen molar-refractivity contribution in [3.8, 4) is 0 Å². The summed E-state index contributed by atoms with van der Waals surface area (Å²) in [7, 11) is 1.93. The topological polar surface area (TPSA) is 53.7 Å². The first-order chi connectivity index (χ1) is 17.6. The second-order valence-corrected chi connectivity index (χ2v) is 10.1. The van der Waals surface area contributed by atoms with E-state index in [1.165, 1.54) is 28.6 Å². The molecule has 1 aliphatic rings. The lowest BCUT2D eigenvalue weighted by molar-refractivity contribution is -0.138. The second-order valence-electron chi connectivity index (χ2n) is 8.68. The van der Waals surface area contributed by atoms with Gasteiger partial charge >= 0.3 is 6.18 Å². The summed E-state index contributed by atoms with van der Waals surface area (Å²) in [5.74, 6) is -0.284. The lowest BCUT2D eigenvalue weighted by atomic mass is 10.1. The molecule has 0 N–H and O–H groups in total. The number of aromatic nitrogens is 2. The molecule has 0 saturated heterocycles. The molecule has 1 aromatic heterocycles. The third-order valence-electron chi connectivity index (χ3n) is 6.24. The number of hydrogen-bond donors (Lipinski definition) is 0. The van der Waals surface area contributed by atoms with E-state index >= 15 is 0 Å². The van der Waals surface area contributed by atoms with Gasteiger partial charge in [0, 0.05) is 30.5 Å². The van der Waals surface area contributed by atoms with E-state index in [1.807, 2.05) is 24.1 Å². The van der Waals surface area contributed by atoms with Crippen LogP contribution < -0.4 is 0 Å². The minimum absolute atomic E-state index is 0.0284. The molecule has 0 unspecified atom stereocenters. The first-order valence-corrected chi connectivity index (χ1v) is 13.1. The molecule has 196 valence electrons. The highest BCUT2D eigenvalue weighted by molar-refractivity contribution is 8.18. The number of alkyl halides is 3. The Labute approximate surface area is 222 Å². The normalized spacial score (nSPS) is 15.3. The van der Waals surface area contributed by atoms with Crippen molar-refractivity contribution in [1.29, 1.82) is 0 Å². The van der Waals surface area contributed by atoms with Gasteiger partial charge in [0.15, 0.2) is 5.17 Å². The summed E-state index contributed by atoms with van der Waals surface area (Å²) < 4.78 is 42.0. The van der Waals surface area contributed by atoms with Crippen LogP contribution in [-0.2, 0) is 17.5 Å². The summed E-state index contributed by atoms with van der Waals surface area (Å²) in [5, 5.41) is 5.75. The van der Waals surface area contributed by atoms with Crippen molar-refractivity contribution < 1.29 is 18.0 Å². The lowest BCUT2D eigenvalue weighted by Crippen LogP contribution is -2.34. The molecule has 0 spiro atoms. The summed E-state index contributed by atoms with van der Waals surface area (Å²) in [6.07, 6.45) is -1.14. The SMILES string of the molecule is CCN(CC)CCN(C)C1=NC(=O)/C(=C/c2ccc3c(cnn3Cc3ccc(Cl)cc3C(F)(F)F)c2)S1. The number of likely N-dealkylation sites (N-methyl/N-ethyl adjacent to an activating group) is 2. The van der Waals surface area contributed by atoms with Gasteiger partial charge in [0.2, 0.25) is 0 Å². The zero-order chi connectivity index (χ0) is 26.7. The van der Waals surface area contributed by atoms with Crippen molar-refractivity contribution in [2.24, 2.45) is 4.99 Å². The second kappa shape index (κ2) is 11.3. The molecule has 2 aromatic carbocycles. The largest absolute Gasteiger partial charge is 0.416 e. The average molecular weight is 550 g/mol. The molecule has 0 aliphatic carbocycles. The van der Waals surface area contributed by atoms with Gasteiger partial charge in [-0.15, -0.1) is 0 Å². The van der Waals surface area contributed by atoms with Crippen LogP contribution in [0.2, 0.25) is 5.02 Å². The number of amides is 1. The third kappa shape index (κ3) is 6.37. The van der Waals surface area contributed by atoms with Gasteiger partial charge in [0.25, 0.3) is 5.91 Å². The van der Waals surface area contributed by atoms with Crippen molar-refractivity contribution in [2.45, 2.75) is 26.6 Å². The van der Waals surface area contributed by atoms with Crippen molar-refractivity contribution in [1.82, 2.24) is 19.6 Å². The molecule has 6 nitrogen and oxygen atoms in total. The molecule has 0 fully saturated rings. The van der Waals surface area contributed by atoms with E-state index in [2.05, 4.69) is 28.8 Å². The monoisotopic (exact) mass is 549 g/mol. The summed E-state index contributed by atoms with van der Waals surface area (Å²) in [4.78, 5) is 21.5. The Hall–Kier alpha value is -2.82. The molecule has 1 aliphatic heterocycles. The molecule has 2 heterocycles. The molecule has 0 bridgehead atoms. The highest BCUT2D eigenvalue weighted by Gasteiger charge is 2.33. The van der Waals surface area contributed by atoms with E-state index in [9.17, 15) is 18.0 Å². The number of thioether (sulfide) groups is 1. The first kappa shape index (κ1) is 27.2. The van der Waals surface area contributed by atoms with E-state index in [0.717, 1.165) is 43.2 Å². The van der Waals surface area contributed by atoms with Crippen LogP contribution in [0.25, 0.3) is 17.0 Å². The number of nitrogens with zero attached hydrogens (tertiary/aromatic N) is 5. The molecule has 0 atom stereocenters. The van der Waals surface area contributed by atoms with Gasteiger partial charge in [-0.25, -0.2) is 0 Å². The van der Waals surface area contributed by atoms with Crippen LogP contribution in [0.15, 0.2) is 52.5 Å². The van der Waals surface area contributed by atoms with E-state index in [0.29, 0.717) is 15.6 Å². The van der Waals surface area contributed by atoms with Crippen LogP contribution in [0.1, 0.15) is 30.5 Å². The average Bonchev–Trinajstić information content (AvgIpc) is 3.43. The Balaban J connectivity index is 1.50. The number of halogens is 4. The smallest absolute Gasteiger partial charge is 0.353 e. The Morgan fingerprint density at radius 3 is 2.57 bits per heavy atom. The number of hydrogen-bond acceptors (Lipinski definition) is 5. The Bertz CT molecular complexity index is 1360. The minimum Gasteiger partial charge on any atom is -0.353 e. The van der Waals surface area contributed by atoms with Crippen LogP contribution in [0.3, 0.4) is 0 Å². The van der Waals surface area contributed by atoms with Crippen LogP contribution in [0.5, 0.6) is 0 Å². The fourth-order valence-corrected chi connectivity index (χ4v) is 5.15. The highest BCUT2D eigenvalue weighted by atomic mass is 35.5. The number of carbonyl (C=O) groups excluding carboxylic acids is 1. The van der Waals surface area contributed by atoms with Crippen molar-refractivity contribution in [2.75, 3.05) is 33.2 Å². The number of rotatable bonds is 8. The van der Waals surface area contributed by atoms with Crippen LogP contribution >= 0.6 is 23.4 Å². The van der Waals surface area contributed by atoms with Crippen molar-refractivity contribution in [3.63, 3.8) is 0 Å². The van der Waals surface area contributed by atoms with E-state index < -0.39 is 11.7 Å². The maximum atomic E-state index is 13.5. The fourth-order valence-electron chi connectivity index (χ4n) is 4.07. The van der Waals surface area contributed by atoms with Gasteiger partial charge in [0.05, 0.1) is 28.7 Å². The molecule has 3 aromatic rings. The minimum atomic E-state index is -4.52. The van der Waals surface area contributed by atoms with E-state index in [4.69, 9.17) is 11.6 Å². The predicted octanol–water partition coefficient (Wildman–Crippen LogP) is 6.00. The Morgan fingerprint density at radius 2 is 1.86 bits per heavy atom. The zero-order valence-corrected chi connectivity index (χ0v) is 22.3. The molecule has 4 rings (SSSR count). The molecule has 0 saturated carbocycles. The third-order valence-corrected chi connectivity index (χ3v) is 7.58. The molecular formula is C26H27ClF3N5OS. The van der Waals surface area contributed by atoms with Crippen LogP contribution in [0, 0.1) is 0 Å². The van der Waals surface area contributed by atoms with Crippen molar-refractivity contribution >= 4 is 51.4 Å². The van der Waals surface area contributed by atoms with Gasteiger partial charge < -0.3 is 9.80 Å². The molecular weight excluding hydrogens is 523 g/mol. The van der Waals surface area contributed by atoms with Crippen LogP contribution in [0.4, 0.5) is 13.2 Å². The summed E-state index contributed by atoms with van der Waals surface area (Å²) in [6, 6.07) is 9.21. The Kier molecular flexibility index (Phi) is 8.30. The quantitative estimate of drug-likeness (QED) is 0.323. The number of fused-ring (bicyclic) bond motifs is 1. The molecule has 1 amide bonds. The highest BCUT2D eigenvalue weighted by Crippen LogP contribution is 2.35. The van der Waals surface area contributed by atoms with Gasteiger partial charge in [-0.2, -0.15) is 23.3 Å². The summed E-state index contributed by atoms with van der Waals surface area (Å²) >= 11 is 7.13. The maximum absolute atomic E-state index is 13.5. The first-order valence-electron chi connectivity index (χ1n) is 11.9. The molecule has 37 heavy (non-hydrogen) atoms. The van der Waals surface area contributed by atoms with E-state index in [1.54, 1.807) is 18.3 Å². The molecule has 0 radical (unpaired) electrons. The zero-order valence-electron chi connectivity index (χ0n) is 20.7.